The molecule has 110 valence electrons. The second-order valence-corrected chi connectivity index (χ2v) is 5.20. The van der Waals surface area contributed by atoms with Crippen LogP contribution in [-0.4, -0.2) is 14.8 Å². The van der Waals surface area contributed by atoms with E-state index in [1.54, 1.807) is 37.4 Å². The Hall–Kier alpha value is -2.53. The first-order valence-corrected chi connectivity index (χ1v) is 6.91. The summed E-state index contributed by atoms with van der Waals surface area (Å²) in [5, 5.41) is 4.55. The molecule has 0 fully saturated rings. The quantitative estimate of drug-likeness (QED) is 0.728. The number of aryl methyl sites for hydroxylation is 1. The summed E-state index contributed by atoms with van der Waals surface area (Å²) in [6.45, 7) is 1.66. The van der Waals surface area contributed by atoms with Crippen molar-refractivity contribution in [1.29, 1.82) is 0 Å². The van der Waals surface area contributed by atoms with Crippen LogP contribution in [0, 0.1) is 12.7 Å². The van der Waals surface area contributed by atoms with Crippen LogP contribution >= 0.6 is 11.6 Å². The molecule has 1 aromatic carbocycles. The lowest BCUT2D eigenvalue weighted by molar-refractivity contribution is 0.629. The van der Waals surface area contributed by atoms with Gasteiger partial charge in [0.2, 0.25) is 0 Å². The maximum absolute atomic E-state index is 14.1. The van der Waals surface area contributed by atoms with Crippen molar-refractivity contribution in [2.45, 2.75) is 6.92 Å². The summed E-state index contributed by atoms with van der Waals surface area (Å²) in [7, 11) is 0. The fraction of sp³-hybridized carbons (Fsp3) is 0.0625. The highest BCUT2D eigenvalue weighted by atomic mass is 35.5. The molecular weight excluding hydrogens is 305 g/mol. The molecule has 0 amide bonds. The Labute approximate surface area is 130 Å². The molecule has 0 bridgehead atoms. The van der Waals surface area contributed by atoms with Crippen LogP contribution in [0.5, 0.6) is 0 Å². The zero-order chi connectivity index (χ0) is 15.7. The largest absolute Gasteiger partial charge is 0.274 e. The first kappa shape index (κ1) is 14.4. The van der Waals surface area contributed by atoms with Gasteiger partial charge in [-0.2, -0.15) is 9.78 Å². The van der Waals surface area contributed by atoms with Crippen molar-refractivity contribution >= 4 is 11.6 Å². The molecule has 0 spiro atoms. The Morgan fingerprint density at radius 2 is 2.05 bits per heavy atom. The van der Waals surface area contributed by atoms with Crippen LogP contribution in [0.4, 0.5) is 4.39 Å². The average molecular weight is 316 g/mol. The molecule has 2 heterocycles. The summed E-state index contributed by atoms with van der Waals surface area (Å²) >= 11 is 5.76. The Balaban J connectivity index is 2.23. The predicted molar refractivity (Wildman–Crippen MR) is 82.8 cm³/mol. The molecular formula is C16H11ClFN3O. The van der Waals surface area contributed by atoms with Gasteiger partial charge in [0.05, 0.1) is 17.6 Å². The highest BCUT2D eigenvalue weighted by Gasteiger charge is 2.12. The van der Waals surface area contributed by atoms with Gasteiger partial charge >= 0.3 is 0 Å². The van der Waals surface area contributed by atoms with Gasteiger partial charge in [-0.15, -0.1) is 0 Å². The van der Waals surface area contributed by atoms with Crippen molar-refractivity contribution < 1.29 is 4.39 Å². The molecule has 0 atom stereocenters. The number of benzene rings is 1. The van der Waals surface area contributed by atoms with Gasteiger partial charge in [0.1, 0.15) is 5.82 Å². The summed E-state index contributed by atoms with van der Waals surface area (Å²) in [5.74, 6) is -0.490. The lowest BCUT2D eigenvalue weighted by atomic mass is 10.1. The smallest absolute Gasteiger partial charge is 0.267 e. The van der Waals surface area contributed by atoms with Crippen LogP contribution in [0.25, 0.3) is 16.9 Å². The van der Waals surface area contributed by atoms with Crippen LogP contribution in [0.3, 0.4) is 0 Å². The van der Waals surface area contributed by atoms with Gasteiger partial charge in [0.25, 0.3) is 5.56 Å². The number of aromatic nitrogens is 3. The van der Waals surface area contributed by atoms with E-state index in [0.717, 1.165) is 0 Å². The van der Waals surface area contributed by atoms with Crippen LogP contribution in [0.2, 0.25) is 5.02 Å². The van der Waals surface area contributed by atoms with Crippen LogP contribution < -0.4 is 5.56 Å². The normalized spacial score (nSPS) is 10.7. The van der Waals surface area contributed by atoms with Crippen molar-refractivity contribution in [1.82, 2.24) is 14.8 Å². The Bertz CT molecular complexity index is 894. The van der Waals surface area contributed by atoms with Gasteiger partial charge < -0.3 is 0 Å². The van der Waals surface area contributed by atoms with Crippen LogP contribution in [0.1, 0.15) is 5.56 Å². The minimum atomic E-state index is -0.490. The fourth-order valence-electron chi connectivity index (χ4n) is 2.10. The molecule has 0 N–H and O–H groups in total. The first-order valence-electron chi connectivity index (χ1n) is 6.53. The standard InChI is InChI=1S/C16H11ClFN3O/c1-10-7-15(13-5-4-11(17)8-14(13)18)20-21(16(10)22)12-3-2-6-19-9-12/h2-9H,1H3. The highest BCUT2D eigenvalue weighted by molar-refractivity contribution is 6.30. The SMILES string of the molecule is Cc1cc(-c2ccc(Cl)cc2F)nn(-c2cccnc2)c1=O. The third-order valence-electron chi connectivity index (χ3n) is 3.19. The van der Waals surface area contributed by atoms with E-state index in [0.29, 0.717) is 22.0 Å². The monoisotopic (exact) mass is 315 g/mol. The number of pyridine rings is 1. The van der Waals surface area contributed by atoms with E-state index in [9.17, 15) is 9.18 Å². The van der Waals surface area contributed by atoms with Crippen LogP contribution in [0.15, 0.2) is 53.6 Å². The average Bonchev–Trinajstić information content (AvgIpc) is 2.51. The van der Waals surface area contributed by atoms with E-state index in [4.69, 9.17) is 11.6 Å². The third kappa shape index (κ3) is 2.63. The Kier molecular flexibility index (Phi) is 3.73. The van der Waals surface area contributed by atoms with Gasteiger partial charge in [-0.25, -0.2) is 4.39 Å². The molecule has 0 saturated heterocycles. The third-order valence-corrected chi connectivity index (χ3v) is 3.42. The van der Waals surface area contributed by atoms with E-state index in [1.807, 2.05) is 0 Å². The zero-order valence-corrected chi connectivity index (χ0v) is 12.4. The molecule has 6 heteroatoms. The topological polar surface area (TPSA) is 47.8 Å². The van der Waals surface area contributed by atoms with Gasteiger partial charge in [0.15, 0.2) is 0 Å². The van der Waals surface area contributed by atoms with E-state index in [2.05, 4.69) is 10.1 Å². The maximum atomic E-state index is 14.1. The van der Waals surface area contributed by atoms with Crippen LogP contribution in [-0.2, 0) is 0 Å². The van der Waals surface area contributed by atoms with E-state index >= 15 is 0 Å². The summed E-state index contributed by atoms with van der Waals surface area (Å²) < 4.78 is 15.3. The number of rotatable bonds is 2. The predicted octanol–water partition coefficient (Wildman–Crippen LogP) is 3.40. The zero-order valence-electron chi connectivity index (χ0n) is 11.6. The minimum Gasteiger partial charge on any atom is -0.267 e. The van der Waals surface area contributed by atoms with E-state index in [-0.39, 0.29) is 11.1 Å². The second-order valence-electron chi connectivity index (χ2n) is 4.76. The number of hydrogen-bond acceptors (Lipinski definition) is 3. The first-order chi connectivity index (χ1) is 10.6. The summed E-state index contributed by atoms with van der Waals surface area (Å²) in [4.78, 5) is 16.2. The van der Waals surface area contributed by atoms with E-state index in [1.165, 1.54) is 23.0 Å². The van der Waals surface area contributed by atoms with Gasteiger partial charge in [0, 0.05) is 22.3 Å². The van der Waals surface area contributed by atoms with Crippen molar-refractivity contribution in [3.8, 4) is 16.9 Å². The maximum Gasteiger partial charge on any atom is 0.274 e. The molecule has 4 nitrogen and oxygen atoms in total. The summed E-state index contributed by atoms with van der Waals surface area (Å²) in [6, 6.07) is 9.31. The van der Waals surface area contributed by atoms with E-state index < -0.39 is 5.82 Å². The molecule has 0 unspecified atom stereocenters. The number of hydrogen-bond donors (Lipinski definition) is 0. The second kappa shape index (κ2) is 5.69. The minimum absolute atomic E-state index is 0.272. The van der Waals surface area contributed by atoms with Crippen molar-refractivity contribution in [3.63, 3.8) is 0 Å². The molecule has 3 rings (SSSR count). The summed E-state index contributed by atoms with van der Waals surface area (Å²) in [6.07, 6.45) is 3.12. The van der Waals surface area contributed by atoms with Gasteiger partial charge in [-0.05, 0) is 43.3 Å². The van der Waals surface area contributed by atoms with Gasteiger partial charge in [-0.3, -0.25) is 9.78 Å². The van der Waals surface area contributed by atoms with Gasteiger partial charge in [-0.1, -0.05) is 11.6 Å². The molecule has 0 aliphatic heterocycles. The highest BCUT2D eigenvalue weighted by Crippen LogP contribution is 2.24. The van der Waals surface area contributed by atoms with Crippen molar-refractivity contribution in [2.24, 2.45) is 0 Å². The lowest BCUT2D eigenvalue weighted by Gasteiger charge is -2.09. The Morgan fingerprint density at radius 3 is 2.73 bits per heavy atom. The molecule has 0 aliphatic carbocycles. The van der Waals surface area contributed by atoms with Crippen molar-refractivity contribution in [2.75, 3.05) is 0 Å². The summed E-state index contributed by atoms with van der Waals surface area (Å²) in [5.41, 5.74) is 1.35. The molecule has 3 aromatic rings. The molecule has 0 aliphatic rings. The van der Waals surface area contributed by atoms with Crippen molar-refractivity contribution in [3.05, 3.63) is 75.5 Å². The molecule has 0 radical (unpaired) electrons. The molecule has 22 heavy (non-hydrogen) atoms. The lowest BCUT2D eigenvalue weighted by Crippen LogP contribution is -2.23. The number of nitrogens with zero attached hydrogens (tertiary/aromatic N) is 3. The molecule has 0 saturated carbocycles. The molecule has 2 aromatic heterocycles. The Morgan fingerprint density at radius 1 is 1.23 bits per heavy atom. The number of halogens is 2. The fourth-order valence-corrected chi connectivity index (χ4v) is 2.26.